The van der Waals surface area contributed by atoms with Gasteiger partial charge in [-0.3, -0.25) is 4.90 Å². The molecule has 1 fully saturated rings. The second kappa shape index (κ2) is 7.84. The molecule has 0 atom stereocenters. The van der Waals surface area contributed by atoms with E-state index in [-0.39, 0.29) is 19.5 Å². The predicted molar refractivity (Wildman–Crippen MR) is 102 cm³/mol. The number of aromatic amines is 1. The highest BCUT2D eigenvalue weighted by molar-refractivity contribution is 7.99. The van der Waals surface area contributed by atoms with Crippen LogP contribution < -0.4 is 20.9 Å². The summed E-state index contributed by atoms with van der Waals surface area (Å²) in [5.74, 6) is -0.959. The van der Waals surface area contributed by atoms with Crippen molar-refractivity contribution < 1.29 is 13.8 Å². The van der Waals surface area contributed by atoms with Gasteiger partial charge in [0.15, 0.2) is 5.69 Å². The van der Waals surface area contributed by atoms with Gasteiger partial charge in [-0.05, 0) is 11.6 Å². The molecule has 0 aliphatic carbocycles. The van der Waals surface area contributed by atoms with Crippen LogP contribution >= 0.6 is 23.4 Å². The van der Waals surface area contributed by atoms with Gasteiger partial charge in [-0.2, -0.15) is 0 Å². The summed E-state index contributed by atoms with van der Waals surface area (Å²) in [5.41, 5.74) is 7.47. The average Bonchev–Trinajstić information content (AvgIpc) is 2.96. The molecule has 0 unspecified atom stereocenters. The van der Waals surface area contributed by atoms with Gasteiger partial charge in [0.25, 0.3) is 16.9 Å². The van der Waals surface area contributed by atoms with Crippen LogP contribution in [0.5, 0.6) is 0 Å². The number of nitrogens with one attached hydrogen (secondary N) is 2. The summed E-state index contributed by atoms with van der Waals surface area (Å²) in [4.78, 5) is 9.17. The molecule has 1 aromatic carbocycles. The minimum absolute atomic E-state index is 0.179. The number of halogens is 3. The highest BCUT2D eigenvalue weighted by Gasteiger charge is 2.43. The molecule has 0 spiro atoms. The SMILES string of the molecule is CCSc1nc(NCc2ccccc2Cl)c(N)c(N2CCC(F)(F)C2)[nH+]1. The highest BCUT2D eigenvalue weighted by Crippen LogP contribution is 2.34. The minimum atomic E-state index is -2.70. The molecular formula is C17H21ClF2N5S+. The number of thioether (sulfide) groups is 1. The van der Waals surface area contributed by atoms with Crippen LogP contribution in [0.15, 0.2) is 29.4 Å². The van der Waals surface area contributed by atoms with E-state index in [4.69, 9.17) is 17.3 Å². The van der Waals surface area contributed by atoms with Crippen LogP contribution in [-0.4, -0.2) is 29.7 Å². The largest absolute Gasteiger partial charge is 0.389 e. The number of rotatable bonds is 6. The molecule has 3 rings (SSSR count). The quantitative estimate of drug-likeness (QED) is 0.571. The lowest BCUT2D eigenvalue weighted by Crippen LogP contribution is -2.32. The van der Waals surface area contributed by atoms with Gasteiger partial charge >= 0.3 is 0 Å². The molecule has 4 N–H and O–H groups in total. The Morgan fingerprint density at radius 2 is 2.19 bits per heavy atom. The Morgan fingerprint density at radius 3 is 2.85 bits per heavy atom. The van der Waals surface area contributed by atoms with Crippen LogP contribution in [0.4, 0.5) is 26.1 Å². The number of hydrogen-bond donors (Lipinski definition) is 2. The maximum atomic E-state index is 13.6. The number of H-pyrrole nitrogens is 1. The van der Waals surface area contributed by atoms with Gasteiger partial charge in [-0.25, -0.2) is 13.8 Å². The van der Waals surface area contributed by atoms with E-state index in [2.05, 4.69) is 15.3 Å². The van der Waals surface area contributed by atoms with Gasteiger partial charge in [0.05, 0.1) is 6.54 Å². The summed E-state index contributed by atoms with van der Waals surface area (Å²) in [6, 6.07) is 7.47. The van der Waals surface area contributed by atoms with E-state index in [1.165, 1.54) is 11.8 Å². The van der Waals surface area contributed by atoms with Crippen molar-refractivity contribution in [3.05, 3.63) is 34.9 Å². The fourth-order valence-electron chi connectivity index (χ4n) is 2.81. The van der Waals surface area contributed by atoms with E-state index in [0.29, 0.717) is 34.0 Å². The van der Waals surface area contributed by atoms with Crippen molar-refractivity contribution in [2.24, 2.45) is 0 Å². The summed E-state index contributed by atoms with van der Waals surface area (Å²) in [6.07, 6.45) is -0.179. The monoisotopic (exact) mass is 400 g/mol. The van der Waals surface area contributed by atoms with Crippen molar-refractivity contribution in [2.75, 3.05) is 34.8 Å². The van der Waals surface area contributed by atoms with Gasteiger partial charge in [0.2, 0.25) is 5.82 Å². The molecule has 2 aromatic rings. The second-order valence-electron chi connectivity index (χ2n) is 6.06. The third-order valence-electron chi connectivity index (χ3n) is 4.12. The third-order valence-corrected chi connectivity index (χ3v) is 5.24. The highest BCUT2D eigenvalue weighted by atomic mass is 35.5. The first-order valence-corrected chi connectivity index (χ1v) is 9.71. The van der Waals surface area contributed by atoms with Crippen molar-refractivity contribution in [3.8, 4) is 0 Å². The molecule has 0 bridgehead atoms. The molecule has 140 valence electrons. The van der Waals surface area contributed by atoms with Gasteiger partial charge in [0.1, 0.15) is 6.54 Å². The van der Waals surface area contributed by atoms with Crippen molar-refractivity contribution in [1.29, 1.82) is 0 Å². The summed E-state index contributed by atoms with van der Waals surface area (Å²) in [7, 11) is 0. The zero-order valence-corrected chi connectivity index (χ0v) is 15.9. The number of nitrogen functional groups attached to an aromatic ring is 1. The maximum absolute atomic E-state index is 13.6. The van der Waals surface area contributed by atoms with Crippen molar-refractivity contribution in [2.45, 2.75) is 31.0 Å². The summed E-state index contributed by atoms with van der Waals surface area (Å²) >= 11 is 7.68. The van der Waals surface area contributed by atoms with E-state index in [9.17, 15) is 8.78 Å². The predicted octanol–water partition coefficient (Wildman–Crippen LogP) is 3.70. The molecule has 1 aliphatic heterocycles. The Morgan fingerprint density at radius 1 is 1.42 bits per heavy atom. The summed E-state index contributed by atoms with van der Waals surface area (Å²) in [5, 5.41) is 4.46. The first kappa shape index (κ1) is 19.0. The van der Waals surface area contributed by atoms with Crippen LogP contribution in [0.25, 0.3) is 0 Å². The fraction of sp³-hybridized carbons (Fsp3) is 0.412. The fourth-order valence-corrected chi connectivity index (χ4v) is 3.61. The Balaban J connectivity index is 1.88. The van der Waals surface area contributed by atoms with E-state index in [0.717, 1.165) is 11.3 Å². The number of hydrogen-bond acceptors (Lipinski definition) is 5. The number of alkyl halides is 2. The van der Waals surface area contributed by atoms with Crippen molar-refractivity contribution in [3.63, 3.8) is 0 Å². The van der Waals surface area contributed by atoms with E-state index >= 15 is 0 Å². The van der Waals surface area contributed by atoms with E-state index < -0.39 is 5.92 Å². The Bertz CT molecular complexity index is 790. The van der Waals surface area contributed by atoms with E-state index in [1.807, 2.05) is 31.2 Å². The van der Waals surface area contributed by atoms with Gasteiger partial charge in [-0.1, -0.05) is 53.5 Å². The lowest BCUT2D eigenvalue weighted by molar-refractivity contribution is -0.419. The zero-order valence-electron chi connectivity index (χ0n) is 14.4. The van der Waals surface area contributed by atoms with Gasteiger partial charge in [0, 0.05) is 23.7 Å². The lowest BCUT2D eigenvalue weighted by Gasteiger charge is -2.16. The number of benzene rings is 1. The van der Waals surface area contributed by atoms with Crippen LogP contribution in [0.3, 0.4) is 0 Å². The lowest BCUT2D eigenvalue weighted by atomic mass is 10.2. The van der Waals surface area contributed by atoms with Gasteiger partial charge in [-0.15, -0.1) is 0 Å². The normalized spacial score (nSPS) is 16.1. The molecular weight excluding hydrogens is 380 g/mol. The first-order chi connectivity index (χ1) is 12.4. The second-order valence-corrected chi connectivity index (χ2v) is 7.72. The molecule has 0 saturated carbocycles. The Hall–Kier alpha value is -1.80. The number of nitrogens with zero attached hydrogens (tertiary/aromatic N) is 2. The average molecular weight is 401 g/mol. The van der Waals surface area contributed by atoms with Crippen LogP contribution in [0.2, 0.25) is 5.02 Å². The van der Waals surface area contributed by atoms with Crippen molar-refractivity contribution >= 4 is 40.7 Å². The van der Waals surface area contributed by atoms with Crippen LogP contribution in [-0.2, 0) is 6.54 Å². The van der Waals surface area contributed by atoms with Crippen LogP contribution in [0.1, 0.15) is 18.9 Å². The molecule has 5 nitrogen and oxygen atoms in total. The smallest absolute Gasteiger partial charge is 0.298 e. The number of anilines is 3. The summed E-state index contributed by atoms with van der Waals surface area (Å²) in [6.45, 7) is 2.33. The molecule has 2 heterocycles. The molecule has 26 heavy (non-hydrogen) atoms. The first-order valence-electron chi connectivity index (χ1n) is 8.35. The standard InChI is InChI=1S/C17H20ClF2N5S/c1-2-26-16-23-14(22-9-11-5-3-4-6-12(11)18)13(21)15(24-16)25-8-7-17(19,20)10-25/h3-6H,2,7-10,21H2,1H3,(H,22,23,24)/p+1. The molecule has 1 aliphatic rings. The topological polar surface area (TPSA) is 68.3 Å². The maximum Gasteiger partial charge on any atom is 0.298 e. The minimum Gasteiger partial charge on any atom is -0.389 e. The van der Waals surface area contributed by atoms with Crippen molar-refractivity contribution in [1.82, 2.24) is 4.98 Å². The Kier molecular flexibility index (Phi) is 5.72. The van der Waals surface area contributed by atoms with Gasteiger partial charge < -0.3 is 11.1 Å². The van der Waals surface area contributed by atoms with Crippen LogP contribution in [0, 0.1) is 0 Å². The summed E-state index contributed by atoms with van der Waals surface area (Å²) < 4.78 is 27.3. The molecule has 9 heteroatoms. The Labute approximate surface area is 160 Å². The molecule has 0 radical (unpaired) electrons. The van der Waals surface area contributed by atoms with E-state index in [1.54, 1.807) is 4.90 Å². The zero-order chi connectivity index (χ0) is 18.7. The molecule has 1 aromatic heterocycles. The number of nitrogens with two attached hydrogens (primary N) is 1. The number of aromatic nitrogens is 2. The third kappa shape index (κ3) is 4.29. The molecule has 1 saturated heterocycles. The molecule has 0 amide bonds.